The van der Waals surface area contributed by atoms with Gasteiger partial charge < -0.3 is 14.1 Å². The van der Waals surface area contributed by atoms with Crippen LogP contribution in [0.1, 0.15) is 87.4 Å². The third kappa shape index (κ3) is 8.57. The number of nitro benzene ring substituents is 1. The minimum absolute atomic E-state index is 0. The van der Waals surface area contributed by atoms with E-state index < -0.39 is 4.92 Å². The number of hydrogen-bond acceptors (Lipinski definition) is 6. The molecular weight excluding hydrogens is 504 g/mol. The Kier molecular flexibility index (Phi) is 13.3. The maximum absolute atomic E-state index is 13.5. The van der Waals surface area contributed by atoms with Gasteiger partial charge in [0.25, 0.3) is 5.69 Å². The summed E-state index contributed by atoms with van der Waals surface area (Å²) >= 11 is 0. The van der Waals surface area contributed by atoms with Gasteiger partial charge in [0.15, 0.2) is 5.78 Å². The molecule has 0 spiro atoms. The Hall–Kier alpha value is -2.90. The Morgan fingerprint density at radius 2 is 1.55 bits per heavy atom. The second-order valence-corrected chi connectivity index (χ2v) is 9.55. The van der Waals surface area contributed by atoms with E-state index in [1.807, 2.05) is 12.1 Å². The Labute approximate surface area is 232 Å². The van der Waals surface area contributed by atoms with Crippen LogP contribution in [0, 0.1) is 10.1 Å². The highest BCUT2D eigenvalue weighted by atomic mass is 35.5. The molecule has 3 aromatic rings. The van der Waals surface area contributed by atoms with E-state index in [-0.39, 0.29) is 23.9 Å². The molecule has 0 unspecified atom stereocenters. The number of furan rings is 1. The number of halogens is 1. The Morgan fingerprint density at radius 1 is 0.921 bits per heavy atom. The van der Waals surface area contributed by atoms with Crippen molar-refractivity contribution in [3.63, 3.8) is 0 Å². The van der Waals surface area contributed by atoms with Gasteiger partial charge in [-0.2, -0.15) is 0 Å². The van der Waals surface area contributed by atoms with Gasteiger partial charge in [0, 0.05) is 36.0 Å². The van der Waals surface area contributed by atoms with Crippen LogP contribution in [0.4, 0.5) is 5.69 Å². The molecule has 0 saturated heterocycles. The molecule has 0 aliphatic rings. The van der Waals surface area contributed by atoms with Gasteiger partial charge in [-0.15, -0.1) is 12.4 Å². The minimum Gasteiger partial charge on any atom is -0.494 e. The lowest BCUT2D eigenvalue weighted by atomic mass is 9.98. The number of ether oxygens (including phenoxy) is 1. The summed E-state index contributed by atoms with van der Waals surface area (Å²) in [6, 6.07) is 11.6. The lowest BCUT2D eigenvalue weighted by Gasteiger charge is -2.21. The molecule has 1 heterocycles. The van der Waals surface area contributed by atoms with Gasteiger partial charge in [-0.3, -0.25) is 14.9 Å². The van der Waals surface area contributed by atoms with E-state index in [1.54, 1.807) is 18.2 Å². The molecule has 38 heavy (non-hydrogen) atoms. The zero-order valence-electron chi connectivity index (χ0n) is 22.9. The van der Waals surface area contributed by atoms with Crippen molar-refractivity contribution < 1.29 is 18.9 Å². The van der Waals surface area contributed by atoms with Crippen molar-refractivity contribution in [3.8, 4) is 5.75 Å². The monoisotopic (exact) mass is 544 g/mol. The van der Waals surface area contributed by atoms with E-state index in [9.17, 15) is 14.9 Å². The van der Waals surface area contributed by atoms with Gasteiger partial charge >= 0.3 is 0 Å². The van der Waals surface area contributed by atoms with Crippen molar-refractivity contribution in [3.05, 3.63) is 69.5 Å². The molecule has 3 rings (SSSR count). The fourth-order valence-electron chi connectivity index (χ4n) is 4.44. The maximum Gasteiger partial charge on any atom is 0.270 e. The Balaban J connectivity index is 0.00000507. The number of nitro groups is 1. The number of nitrogens with zero attached hydrogens (tertiary/aromatic N) is 2. The molecule has 208 valence electrons. The van der Waals surface area contributed by atoms with Crippen LogP contribution in [0.15, 0.2) is 46.9 Å². The first-order valence-electron chi connectivity index (χ1n) is 13.7. The fourth-order valence-corrected chi connectivity index (χ4v) is 4.44. The largest absolute Gasteiger partial charge is 0.494 e. The maximum atomic E-state index is 13.5. The van der Waals surface area contributed by atoms with Crippen molar-refractivity contribution in [1.82, 2.24) is 4.90 Å². The van der Waals surface area contributed by atoms with Gasteiger partial charge in [0.05, 0.1) is 17.1 Å². The molecule has 0 bridgehead atoms. The van der Waals surface area contributed by atoms with Crippen molar-refractivity contribution in [1.29, 1.82) is 0 Å². The van der Waals surface area contributed by atoms with E-state index in [4.69, 9.17) is 9.15 Å². The average molecular weight is 545 g/mol. The molecule has 0 saturated carbocycles. The summed E-state index contributed by atoms with van der Waals surface area (Å²) in [4.78, 5) is 26.9. The standard InChI is InChI=1S/C30H40N2O5.ClH/c1-4-7-11-28-29(26-22-24(32(34)35)14-17-27(26)37-28)30(33)23-12-15-25(16-13-23)36-21-10-20-31(18-8-5-2)19-9-6-3;/h12-17,22H,4-11,18-21H2,1-3H3;1H. The lowest BCUT2D eigenvalue weighted by molar-refractivity contribution is -0.384. The van der Waals surface area contributed by atoms with Crippen LogP contribution < -0.4 is 4.74 Å². The summed E-state index contributed by atoms with van der Waals surface area (Å²) < 4.78 is 11.9. The Bertz CT molecular complexity index is 1150. The molecule has 0 aliphatic carbocycles. The first-order valence-corrected chi connectivity index (χ1v) is 13.7. The predicted octanol–water partition coefficient (Wildman–Crippen LogP) is 8.01. The molecule has 0 fully saturated rings. The topological polar surface area (TPSA) is 85.8 Å². The quantitative estimate of drug-likeness (QED) is 0.0740. The van der Waals surface area contributed by atoms with Gasteiger partial charge in [0.2, 0.25) is 0 Å². The summed E-state index contributed by atoms with van der Waals surface area (Å²) in [6.45, 7) is 10.4. The first-order chi connectivity index (χ1) is 18.0. The van der Waals surface area contributed by atoms with Crippen LogP contribution in [0.25, 0.3) is 11.0 Å². The number of ketones is 1. The van der Waals surface area contributed by atoms with E-state index in [1.165, 1.54) is 37.8 Å². The molecule has 1 aromatic heterocycles. The van der Waals surface area contributed by atoms with E-state index >= 15 is 0 Å². The van der Waals surface area contributed by atoms with Crippen molar-refractivity contribution in [2.24, 2.45) is 0 Å². The first kappa shape index (κ1) is 31.3. The van der Waals surface area contributed by atoms with Gasteiger partial charge in [-0.25, -0.2) is 0 Å². The predicted molar refractivity (Wildman–Crippen MR) is 155 cm³/mol. The van der Waals surface area contributed by atoms with Crippen molar-refractivity contribution >= 4 is 34.8 Å². The summed E-state index contributed by atoms with van der Waals surface area (Å²) in [5.74, 6) is 1.11. The zero-order chi connectivity index (χ0) is 26.6. The summed E-state index contributed by atoms with van der Waals surface area (Å²) in [5.41, 5.74) is 1.35. The molecule has 8 heteroatoms. The number of aryl methyl sites for hydroxylation is 1. The number of carbonyl (C=O) groups is 1. The number of non-ortho nitro benzene ring substituents is 1. The van der Waals surface area contributed by atoms with E-state index in [0.29, 0.717) is 40.9 Å². The number of fused-ring (bicyclic) bond motifs is 1. The summed E-state index contributed by atoms with van der Waals surface area (Å²) in [7, 11) is 0. The van der Waals surface area contributed by atoms with Crippen LogP contribution in [-0.2, 0) is 6.42 Å². The van der Waals surface area contributed by atoms with Gasteiger partial charge in [0.1, 0.15) is 17.1 Å². The number of hydrogen-bond donors (Lipinski definition) is 0. The molecular formula is C30H41ClN2O5. The van der Waals surface area contributed by atoms with Crippen LogP contribution in [-0.4, -0.2) is 41.8 Å². The van der Waals surface area contributed by atoms with Crippen LogP contribution in [0.2, 0.25) is 0 Å². The van der Waals surface area contributed by atoms with E-state index in [0.717, 1.165) is 44.6 Å². The zero-order valence-corrected chi connectivity index (χ0v) is 23.7. The lowest BCUT2D eigenvalue weighted by Crippen LogP contribution is -2.28. The third-order valence-electron chi connectivity index (χ3n) is 6.60. The molecule has 0 aliphatic heterocycles. The molecule has 0 atom stereocenters. The van der Waals surface area contributed by atoms with Crippen LogP contribution >= 0.6 is 12.4 Å². The van der Waals surface area contributed by atoms with Crippen LogP contribution in [0.5, 0.6) is 5.75 Å². The molecule has 0 radical (unpaired) electrons. The van der Waals surface area contributed by atoms with Crippen molar-refractivity contribution in [2.45, 2.75) is 72.1 Å². The normalized spacial score (nSPS) is 11.1. The molecule has 0 amide bonds. The van der Waals surface area contributed by atoms with E-state index in [2.05, 4.69) is 25.7 Å². The highest BCUT2D eigenvalue weighted by Crippen LogP contribution is 2.32. The number of rotatable bonds is 17. The highest BCUT2D eigenvalue weighted by molar-refractivity contribution is 6.17. The van der Waals surface area contributed by atoms with Crippen LogP contribution in [0.3, 0.4) is 0 Å². The smallest absolute Gasteiger partial charge is 0.270 e. The van der Waals surface area contributed by atoms with Crippen molar-refractivity contribution in [2.75, 3.05) is 26.2 Å². The molecule has 7 nitrogen and oxygen atoms in total. The second-order valence-electron chi connectivity index (χ2n) is 9.55. The average Bonchev–Trinajstić information content (AvgIpc) is 3.28. The number of carbonyl (C=O) groups excluding carboxylic acids is 1. The SMILES string of the molecule is CCCCc1oc2ccc([N+](=O)[O-])cc2c1C(=O)c1ccc(OCCCN(CCCC)CCCC)cc1.Cl. The van der Waals surface area contributed by atoms with Gasteiger partial charge in [-0.1, -0.05) is 40.0 Å². The third-order valence-corrected chi connectivity index (χ3v) is 6.60. The minimum atomic E-state index is -0.453. The fraction of sp³-hybridized carbons (Fsp3) is 0.500. The highest BCUT2D eigenvalue weighted by Gasteiger charge is 2.23. The molecule has 2 aromatic carbocycles. The Morgan fingerprint density at radius 3 is 2.16 bits per heavy atom. The summed E-state index contributed by atoms with van der Waals surface area (Å²) in [5, 5.41) is 11.8. The molecule has 0 N–H and O–H groups in total. The number of unbranched alkanes of at least 4 members (excludes halogenated alkanes) is 3. The van der Waals surface area contributed by atoms with Gasteiger partial charge in [-0.05, 0) is 69.1 Å². The number of benzene rings is 2. The summed E-state index contributed by atoms with van der Waals surface area (Å²) in [6.07, 6.45) is 8.23. The second kappa shape index (κ2) is 16.1.